The quantitative estimate of drug-likeness (QED) is 0.429. The van der Waals surface area contributed by atoms with Gasteiger partial charge in [-0.05, 0) is 47.5 Å². The lowest BCUT2D eigenvalue weighted by atomic mass is 9.87. The second-order valence-electron chi connectivity index (χ2n) is 7.32. The third-order valence-electron chi connectivity index (χ3n) is 5.20. The Labute approximate surface area is 180 Å². The largest absolute Gasteiger partial charge is 0.454 e. The van der Waals surface area contributed by atoms with E-state index < -0.39 is 47.4 Å². The average Bonchev–Trinajstić information content (AvgIpc) is 2.77. The molecule has 0 aromatic heterocycles. The smallest absolute Gasteiger partial charge is 0.338 e. The van der Waals surface area contributed by atoms with Crippen molar-refractivity contribution >= 4 is 11.9 Å². The standard InChI is InChI=1S/C24H16F4O4/c25-17-7-5-15(9-19(17)27)23(29)31-21-11-13-3-1-2-4-14(13)12-22(21)32-24(30)16-6-8-18(26)20(28)10-16/h1-10,21-22H,11-12H2. The van der Waals surface area contributed by atoms with Gasteiger partial charge in [-0.25, -0.2) is 27.2 Å². The maximum Gasteiger partial charge on any atom is 0.338 e. The SMILES string of the molecule is O=C(OC1Cc2ccccc2CC1OC(=O)c1ccc(F)c(F)c1)c1ccc(F)c(F)c1. The summed E-state index contributed by atoms with van der Waals surface area (Å²) >= 11 is 0. The van der Waals surface area contributed by atoms with Gasteiger partial charge in [0, 0.05) is 12.8 Å². The molecular weight excluding hydrogens is 428 g/mol. The zero-order valence-corrected chi connectivity index (χ0v) is 16.5. The number of hydrogen-bond acceptors (Lipinski definition) is 4. The van der Waals surface area contributed by atoms with Gasteiger partial charge in [-0.2, -0.15) is 0 Å². The van der Waals surface area contributed by atoms with Crippen LogP contribution in [-0.2, 0) is 22.3 Å². The molecule has 0 bridgehead atoms. The Morgan fingerprint density at radius 2 is 1.03 bits per heavy atom. The normalized spacial score (nSPS) is 17.4. The highest BCUT2D eigenvalue weighted by Crippen LogP contribution is 2.27. The first-order valence-electron chi connectivity index (χ1n) is 9.70. The van der Waals surface area contributed by atoms with Gasteiger partial charge in [0.15, 0.2) is 23.3 Å². The van der Waals surface area contributed by atoms with Gasteiger partial charge in [0.2, 0.25) is 0 Å². The molecule has 0 aliphatic heterocycles. The van der Waals surface area contributed by atoms with E-state index in [1.165, 1.54) is 0 Å². The molecule has 1 aliphatic rings. The van der Waals surface area contributed by atoms with E-state index in [1.54, 1.807) is 12.1 Å². The molecule has 164 valence electrons. The molecule has 0 saturated carbocycles. The number of carbonyl (C=O) groups is 2. The van der Waals surface area contributed by atoms with Crippen LogP contribution >= 0.6 is 0 Å². The van der Waals surface area contributed by atoms with Crippen LogP contribution in [0.3, 0.4) is 0 Å². The van der Waals surface area contributed by atoms with Crippen LogP contribution in [0.1, 0.15) is 31.8 Å². The van der Waals surface area contributed by atoms with Gasteiger partial charge in [0.05, 0.1) is 11.1 Å². The van der Waals surface area contributed by atoms with Gasteiger partial charge in [0.25, 0.3) is 0 Å². The fourth-order valence-corrected chi connectivity index (χ4v) is 3.54. The van der Waals surface area contributed by atoms with Crippen molar-refractivity contribution in [2.45, 2.75) is 25.0 Å². The molecule has 3 aromatic carbocycles. The highest BCUT2D eigenvalue weighted by molar-refractivity contribution is 5.90. The van der Waals surface area contributed by atoms with Crippen LogP contribution in [0.2, 0.25) is 0 Å². The fraction of sp³-hybridized carbons (Fsp3) is 0.167. The minimum atomic E-state index is -1.20. The molecule has 0 spiro atoms. The summed E-state index contributed by atoms with van der Waals surface area (Å²) in [5.41, 5.74) is 1.34. The topological polar surface area (TPSA) is 52.6 Å². The Morgan fingerprint density at radius 1 is 0.625 bits per heavy atom. The van der Waals surface area contributed by atoms with Crippen molar-refractivity contribution in [1.29, 1.82) is 0 Å². The maximum atomic E-state index is 13.5. The van der Waals surface area contributed by atoms with E-state index in [0.29, 0.717) is 0 Å². The van der Waals surface area contributed by atoms with Gasteiger partial charge < -0.3 is 9.47 Å². The number of esters is 2. The molecule has 0 fully saturated rings. The molecule has 4 nitrogen and oxygen atoms in total. The van der Waals surface area contributed by atoms with E-state index in [9.17, 15) is 27.2 Å². The van der Waals surface area contributed by atoms with E-state index >= 15 is 0 Å². The molecule has 3 aromatic rings. The Morgan fingerprint density at radius 3 is 1.41 bits per heavy atom. The summed E-state index contributed by atoms with van der Waals surface area (Å²) in [4.78, 5) is 25.1. The second-order valence-corrected chi connectivity index (χ2v) is 7.32. The summed E-state index contributed by atoms with van der Waals surface area (Å²) in [6.07, 6.45) is -1.44. The maximum absolute atomic E-state index is 13.5. The van der Waals surface area contributed by atoms with Crippen molar-refractivity contribution in [3.63, 3.8) is 0 Å². The van der Waals surface area contributed by atoms with Gasteiger partial charge in [0.1, 0.15) is 12.2 Å². The first-order valence-corrected chi connectivity index (χ1v) is 9.70. The van der Waals surface area contributed by atoms with Crippen molar-refractivity contribution in [3.05, 3.63) is 106 Å². The molecular formula is C24H16F4O4. The third-order valence-corrected chi connectivity index (χ3v) is 5.20. The summed E-state index contributed by atoms with van der Waals surface area (Å²) in [5.74, 6) is -6.44. The summed E-state index contributed by atoms with van der Waals surface area (Å²) in [5, 5.41) is 0. The highest BCUT2D eigenvalue weighted by Gasteiger charge is 2.35. The molecule has 4 rings (SSSR count). The Bertz CT molecular complexity index is 1100. The lowest BCUT2D eigenvalue weighted by molar-refractivity contribution is -0.0389. The highest BCUT2D eigenvalue weighted by atomic mass is 19.2. The molecule has 2 atom stereocenters. The predicted molar refractivity (Wildman–Crippen MR) is 105 cm³/mol. The Kier molecular flexibility index (Phi) is 5.94. The molecule has 0 amide bonds. The zero-order valence-electron chi connectivity index (χ0n) is 16.5. The Hall–Kier alpha value is -3.68. The number of rotatable bonds is 4. The number of carbonyl (C=O) groups excluding carboxylic acids is 2. The van der Waals surface area contributed by atoms with Crippen molar-refractivity contribution in [1.82, 2.24) is 0 Å². The third kappa shape index (κ3) is 4.49. The molecule has 8 heteroatoms. The van der Waals surface area contributed by atoms with E-state index in [-0.39, 0.29) is 24.0 Å². The van der Waals surface area contributed by atoms with Gasteiger partial charge in [-0.3, -0.25) is 0 Å². The fourth-order valence-electron chi connectivity index (χ4n) is 3.54. The van der Waals surface area contributed by atoms with E-state index in [4.69, 9.17) is 9.47 Å². The molecule has 0 N–H and O–H groups in total. The number of hydrogen-bond donors (Lipinski definition) is 0. The van der Waals surface area contributed by atoms with Crippen LogP contribution in [0.4, 0.5) is 17.6 Å². The van der Waals surface area contributed by atoms with E-state index in [2.05, 4.69) is 0 Å². The molecule has 1 aliphatic carbocycles. The summed E-state index contributed by atoms with van der Waals surface area (Å²) in [7, 11) is 0. The first kappa shape index (κ1) is 21.5. The number of halogens is 4. The molecule has 32 heavy (non-hydrogen) atoms. The van der Waals surface area contributed by atoms with Crippen molar-refractivity contribution < 1.29 is 36.6 Å². The minimum Gasteiger partial charge on any atom is -0.454 e. The molecule has 2 unspecified atom stereocenters. The van der Waals surface area contributed by atoms with Gasteiger partial charge in [-0.1, -0.05) is 24.3 Å². The van der Waals surface area contributed by atoms with Gasteiger partial charge in [-0.15, -0.1) is 0 Å². The molecule has 0 heterocycles. The molecule has 0 radical (unpaired) electrons. The van der Waals surface area contributed by atoms with Crippen LogP contribution in [0.5, 0.6) is 0 Å². The second kappa shape index (κ2) is 8.82. The van der Waals surface area contributed by atoms with Crippen LogP contribution in [0.25, 0.3) is 0 Å². The Balaban J connectivity index is 1.57. The average molecular weight is 444 g/mol. The number of fused-ring (bicyclic) bond motifs is 1. The van der Waals surface area contributed by atoms with E-state index in [1.807, 2.05) is 12.1 Å². The van der Waals surface area contributed by atoms with Crippen LogP contribution < -0.4 is 0 Å². The summed E-state index contributed by atoms with van der Waals surface area (Å²) in [6.45, 7) is 0. The van der Waals surface area contributed by atoms with Crippen LogP contribution in [0.15, 0.2) is 60.7 Å². The van der Waals surface area contributed by atoms with Crippen LogP contribution in [-0.4, -0.2) is 24.1 Å². The number of benzene rings is 3. The minimum absolute atomic E-state index is 0.201. The number of ether oxygens (including phenoxy) is 2. The zero-order chi connectivity index (χ0) is 22.8. The van der Waals surface area contributed by atoms with Crippen LogP contribution in [0, 0.1) is 23.3 Å². The lowest BCUT2D eigenvalue weighted by Crippen LogP contribution is -2.41. The first-order chi connectivity index (χ1) is 15.3. The monoisotopic (exact) mass is 444 g/mol. The van der Waals surface area contributed by atoms with Gasteiger partial charge >= 0.3 is 11.9 Å². The summed E-state index contributed by atoms with van der Waals surface area (Å²) < 4.78 is 64.3. The molecule has 0 saturated heterocycles. The predicted octanol–water partition coefficient (Wildman–Crippen LogP) is 4.79. The van der Waals surface area contributed by atoms with Crippen molar-refractivity contribution in [3.8, 4) is 0 Å². The summed E-state index contributed by atoms with van der Waals surface area (Å²) in [6, 6.07) is 12.5. The van der Waals surface area contributed by atoms with Crippen molar-refractivity contribution in [2.24, 2.45) is 0 Å². The van der Waals surface area contributed by atoms with Crippen molar-refractivity contribution in [2.75, 3.05) is 0 Å². The lowest BCUT2D eigenvalue weighted by Gasteiger charge is -2.32. The van der Waals surface area contributed by atoms with E-state index in [0.717, 1.165) is 47.5 Å².